The van der Waals surface area contributed by atoms with Crippen molar-refractivity contribution in [2.45, 2.75) is 39.3 Å². The van der Waals surface area contributed by atoms with E-state index in [1.54, 1.807) is 6.92 Å². The predicted octanol–water partition coefficient (Wildman–Crippen LogP) is 0.508. The van der Waals surface area contributed by atoms with Crippen LogP contribution in [0.25, 0.3) is 0 Å². The van der Waals surface area contributed by atoms with Crippen LogP contribution in [0, 0.1) is 5.92 Å². The fourth-order valence-electron chi connectivity index (χ4n) is 1.27. The zero-order valence-corrected chi connectivity index (χ0v) is 10.8. The highest BCUT2D eigenvalue weighted by Crippen LogP contribution is 2.06. The van der Waals surface area contributed by atoms with Gasteiger partial charge in [-0.05, 0) is 19.3 Å². The van der Waals surface area contributed by atoms with Gasteiger partial charge < -0.3 is 20.4 Å². The number of urea groups is 1. The molecule has 0 aromatic heterocycles. The third-order valence-electron chi connectivity index (χ3n) is 2.55. The minimum atomic E-state index is -1.04. The number of hydrogen-bond donors (Lipinski definition) is 3. The van der Waals surface area contributed by atoms with Crippen LogP contribution >= 0.6 is 0 Å². The number of aliphatic hydroxyl groups excluding tert-OH is 1. The van der Waals surface area contributed by atoms with Gasteiger partial charge in [0.15, 0.2) is 0 Å². The van der Waals surface area contributed by atoms with E-state index in [4.69, 9.17) is 10.2 Å². The lowest BCUT2D eigenvalue weighted by Crippen LogP contribution is -2.50. The van der Waals surface area contributed by atoms with Crippen molar-refractivity contribution in [3.63, 3.8) is 0 Å². The third kappa shape index (κ3) is 5.53. The minimum Gasteiger partial charge on any atom is -0.480 e. The van der Waals surface area contributed by atoms with E-state index < -0.39 is 18.0 Å². The lowest BCUT2D eigenvalue weighted by molar-refractivity contribution is -0.139. The zero-order valence-electron chi connectivity index (χ0n) is 10.8. The van der Waals surface area contributed by atoms with Gasteiger partial charge in [-0.2, -0.15) is 0 Å². The molecule has 2 amide bonds. The molecule has 0 bridgehead atoms. The fourth-order valence-corrected chi connectivity index (χ4v) is 1.27. The Bertz CT molecular complexity index is 268. The number of aliphatic carboxylic acids is 1. The first-order chi connectivity index (χ1) is 7.79. The lowest BCUT2D eigenvalue weighted by atomic mass is 10.0. The summed E-state index contributed by atoms with van der Waals surface area (Å²) >= 11 is 0. The molecule has 100 valence electrons. The van der Waals surface area contributed by atoms with Crippen LogP contribution in [0.3, 0.4) is 0 Å². The molecule has 0 saturated carbocycles. The van der Waals surface area contributed by atoms with E-state index in [1.807, 2.05) is 13.8 Å². The van der Waals surface area contributed by atoms with Crippen molar-refractivity contribution in [3.8, 4) is 0 Å². The first kappa shape index (κ1) is 15.7. The van der Waals surface area contributed by atoms with Crippen molar-refractivity contribution in [1.29, 1.82) is 0 Å². The van der Waals surface area contributed by atoms with E-state index in [1.165, 1.54) is 11.9 Å². The number of nitrogens with zero attached hydrogens (tertiary/aromatic N) is 1. The molecule has 2 atom stereocenters. The Labute approximate surface area is 102 Å². The molecule has 0 fully saturated rings. The van der Waals surface area contributed by atoms with Crippen LogP contribution in [0.1, 0.15) is 27.2 Å². The van der Waals surface area contributed by atoms with E-state index in [2.05, 4.69) is 5.32 Å². The number of carboxylic acids is 1. The van der Waals surface area contributed by atoms with Crippen LogP contribution in [0.2, 0.25) is 0 Å². The Morgan fingerprint density at radius 2 is 1.82 bits per heavy atom. The number of carbonyl (C=O) groups is 2. The van der Waals surface area contributed by atoms with Crippen LogP contribution in [-0.4, -0.2) is 52.9 Å². The number of carboxylic acid groups (broad SMARTS) is 1. The second kappa shape index (κ2) is 7.11. The molecule has 0 spiro atoms. The minimum absolute atomic E-state index is 0.161. The zero-order chi connectivity index (χ0) is 13.6. The molecule has 6 nitrogen and oxygen atoms in total. The third-order valence-corrected chi connectivity index (χ3v) is 2.55. The van der Waals surface area contributed by atoms with Crippen LogP contribution < -0.4 is 5.32 Å². The van der Waals surface area contributed by atoms with Crippen LogP contribution in [0.5, 0.6) is 0 Å². The Hall–Kier alpha value is -1.30. The Balaban J connectivity index is 4.45. The number of nitrogens with one attached hydrogen (secondary N) is 1. The molecule has 0 rings (SSSR count). The molecule has 0 aromatic carbocycles. The van der Waals surface area contributed by atoms with Crippen LogP contribution in [0.4, 0.5) is 4.79 Å². The summed E-state index contributed by atoms with van der Waals surface area (Å²) in [5.41, 5.74) is 0. The number of aliphatic hydroxyl groups is 1. The van der Waals surface area contributed by atoms with Gasteiger partial charge in [0.25, 0.3) is 0 Å². The number of rotatable bonds is 6. The maximum atomic E-state index is 11.7. The summed E-state index contributed by atoms with van der Waals surface area (Å²) in [4.78, 5) is 23.9. The van der Waals surface area contributed by atoms with Gasteiger partial charge in [-0.15, -0.1) is 0 Å². The molecule has 2 unspecified atom stereocenters. The van der Waals surface area contributed by atoms with Crippen molar-refractivity contribution in [3.05, 3.63) is 0 Å². The summed E-state index contributed by atoms with van der Waals surface area (Å²) in [7, 11) is 1.52. The van der Waals surface area contributed by atoms with E-state index >= 15 is 0 Å². The topological polar surface area (TPSA) is 89.9 Å². The molecule has 17 heavy (non-hydrogen) atoms. The van der Waals surface area contributed by atoms with Gasteiger partial charge >= 0.3 is 12.0 Å². The summed E-state index contributed by atoms with van der Waals surface area (Å²) in [6.07, 6.45) is 0.377. The standard InChI is InChI=1S/C11H22N2O4/c1-7(2)5-9(10(15)16)12-11(17)13(4)8(3)6-14/h7-9,14H,5-6H2,1-4H3,(H,12,17)(H,15,16). The van der Waals surface area contributed by atoms with Gasteiger partial charge in [0.2, 0.25) is 0 Å². The van der Waals surface area contributed by atoms with Gasteiger partial charge in [-0.3, -0.25) is 0 Å². The average Bonchev–Trinajstić information content (AvgIpc) is 2.25. The highest BCUT2D eigenvalue weighted by Gasteiger charge is 2.24. The van der Waals surface area contributed by atoms with Gasteiger partial charge in [0.1, 0.15) is 6.04 Å². The van der Waals surface area contributed by atoms with E-state index in [0.717, 1.165) is 0 Å². The largest absolute Gasteiger partial charge is 0.480 e. The molecule has 0 saturated heterocycles. The van der Waals surface area contributed by atoms with Crippen molar-refractivity contribution < 1.29 is 19.8 Å². The molecular weight excluding hydrogens is 224 g/mol. The smallest absolute Gasteiger partial charge is 0.326 e. The summed E-state index contributed by atoms with van der Waals surface area (Å²) in [6.45, 7) is 5.30. The highest BCUT2D eigenvalue weighted by atomic mass is 16.4. The van der Waals surface area contributed by atoms with E-state index in [0.29, 0.717) is 6.42 Å². The van der Waals surface area contributed by atoms with Crippen LogP contribution in [-0.2, 0) is 4.79 Å². The Morgan fingerprint density at radius 1 is 1.29 bits per heavy atom. The number of hydrogen-bond acceptors (Lipinski definition) is 3. The molecule has 0 radical (unpaired) electrons. The van der Waals surface area contributed by atoms with Crippen molar-refractivity contribution in [1.82, 2.24) is 10.2 Å². The van der Waals surface area contributed by atoms with Crippen LogP contribution in [0.15, 0.2) is 0 Å². The van der Waals surface area contributed by atoms with Crippen molar-refractivity contribution in [2.24, 2.45) is 5.92 Å². The first-order valence-electron chi connectivity index (χ1n) is 5.66. The average molecular weight is 246 g/mol. The van der Waals surface area contributed by atoms with Gasteiger partial charge in [0, 0.05) is 7.05 Å². The van der Waals surface area contributed by atoms with Gasteiger partial charge in [-0.1, -0.05) is 13.8 Å². The normalized spacial score (nSPS) is 14.2. The molecule has 3 N–H and O–H groups in total. The summed E-state index contributed by atoms with van der Waals surface area (Å²) in [6, 6.07) is -1.72. The quantitative estimate of drug-likeness (QED) is 0.637. The molecule has 0 aliphatic carbocycles. The second-order valence-electron chi connectivity index (χ2n) is 4.61. The molecule has 0 aliphatic heterocycles. The second-order valence-corrected chi connectivity index (χ2v) is 4.61. The predicted molar refractivity (Wildman–Crippen MR) is 63.7 cm³/mol. The summed E-state index contributed by atoms with van der Waals surface area (Å²) in [5, 5.41) is 20.3. The monoisotopic (exact) mass is 246 g/mol. The number of amides is 2. The summed E-state index contributed by atoms with van der Waals surface area (Å²) < 4.78 is 0. The molecule has 6 heteroatoms. The fraction of sp³-hybridized carbons (Fsp3) is 0.818. The van der Waals surface area contributed by atoms with Gasteiger partial charge in [0.05, 0.1) is 12.6 Å². The van der Waals surface area contributed by atoms with E-state index in [-0.39, 0.29) is 18.6 Å². The van der Waals surface area contributed by atoms with Crippen molar-refractivity contribution in [2.75, 3.05) is 13.7 Å². The maximum absolute atomic E-state index is 11.7. The lowest BCUT2D eigenvalue weighted by Gasteiger charge is -2.26. The highest BCUT2D eigenvalue weighted by molar-refractivity contribution is 5.82. The van der Waals surface area contributed by atoms with Gasteiger partial charge in [-0.25, -0.2) is 9.59 Å². The Morgan fingerprint density at radius 3 is 2.18 bits per heavy atom. The number of carbonyl (C=O) groups excluding carboxylic acids is 1. The maximum Gasteiger partial charge on any atom is 0.326 e. The molecule has 0 heterocycles. The van der Waals surface area contributed by atoms with E-state index in [9.17, 15) is 9.59 Å². The molecular formula is C11H22N2O4. The molecule has 0 aromatic rings. The Kier molecular flexibility index (Phi) is 6.57. The number of likely N-dealkylation sites (N-methyl/N-ethyl adjacent to an activating group) is 1. The SMILES string of the molecule is CC(C)CC(NC(=O)N(C)C(C)CO)C(=O)O. The molecule has 0 aliphatic rings. The summed E-state index contributed by atoms with van der Waals surface area (Å²) in [5.74, 6) is -0.867. The first-order valence-corrected chi connectivity index (χ1v) is 5.66. The van der Waals surface area contributed by atoms with Crippen molar-refractivity contribution >= 4 is 12.0 Å².